The van der Waals surface area contributed by atoms with Crippen molar-refractivity contribution in [2.45, 2.75) is 65.7 Å². The number of benzene rings is 1. The van der Waals surface area contributed by atoms with Gasteiger partial charge in [0.05, 0.1) is 31.2 Å². The first-order valence-electron chi connectivity index (χ1n) is 10.1. The third-order valence-corrected chi connectivity index (χ3v) is 4.95. The van der Waals surface area contributed by atoms with E-state index in [-0.39, 0.29) is 24.8 Å². The molecular formula is C23H34Cl2N2O2. The van der Waals surface area contributed by atoms with Crippen LogP contribution in [0.25, 0.3) is 0 Å². The number of aromatic nitrogens is 1. The van der Waals surface area contributed by atoms with Crippen molar-refractivity contribution in [3.63, 3.8) is 0 Å². The Bertz CT molecular complexity index is 739. The van der Waals surface area contributed by atoms with Gasteiger partial charge in [0.2, 0.25) is 0 Å². The second-order valence-electron chi connectivity index (χ2n) is 7.60. The molecule has 3 rings (SSSR count). The molecule has 0 amide bonds. The average Bonchev–Trinajstić information content (AvgIpc) is 3.13. The molecule has 1 aromatic heterocycles. The normalized spacial score (nSPS) is 12.3. The number of rotatable bonds is 10. The van der Waals surface area contributed by atoms with Gasteiger partial charge in [-0.15, -0.1) is 24.8 Å². The highest BCUT2D eigenvalue weighted by molar-refractivity contribution is 5.85. The zero-order chi connectivity index (χ0) is 19.1. The van der Waals surface area contributed by atoms with Crippen molar-refractivity contribution in [1.82, 2.24) is 10.3 Å². The van der Waals surface area contributed by atoms with Gasteiger partial charge in [-0.05, 0) is 38.3 Å². The third-order valence-electron chi connectivity index (χ3n) is 4.95. The van der Waals surface area contributed by atoms with Crippen molar-refractivity contribution in [3.8, 4) is 5.75 Å². The van der Waals surface area contributed by atoms with E-state index >= 15 is 0 Å². The summed E-state index contributed by atoms with van der Waals surface area (Å²) in [6.45, 7) is 9.52. The van der Waals surface area contributed by atoms with Gasteiger partial charge in [-0.1, -0.05) is 44.2 Å². The van der Waals surface area contributed by atoms with Gasteiger partial charge >= 0.3 is 0 Å². The average molecular weight is 441 g/mol. The largest absolute Gasteiger partial charge is 0.491 e. The van der Waals surface area contributed by atoms with Crippen molar-refractivity contribution in [2.24, 2.45) is 0 Å². The van der Waals surface area contributed by atoms with Crippen molar-refractivity contribution < 1.29 is 9.47 Å². The summed E-state index contributed by atoms with van der Waals surface area (Å²) in [6.07, 6.45) is 4.28. The fourth-order valence-electron chi connectivity index (χ4n) is 3.52. The van der Waals surface area contributed by atoms with E-state index in [0.29, 0.717) is 19.3 Å². The van der Waals surface area contributed by atoms with Gasteiger partial charge in [0.25, 0.3) is 0 Å². The predicted molar refractivity (Wildman–Crippen MR) is 124 cm³/mol. The number of fused-ring (bicyclic) bond motifs is 1. The van der Waals surface area contributed by atoms with Gasteiger partial charge in [-0.25, -0.2) is 0 Å². The van der Waals surface area contributed by atoms with E-state index in [4.69, 9.17) is 14.5 Å². The van der Waals surface area contributed by atoms with Crippen LogP contribution < -0.4 is 10.1 Å². The van der Waals surface area contributed by atoms with Gasteiger partial charge in [0, 0.05) is 23.6 Å². The molecule has 162 valence electrons. The molecule has 2 heterocycles. The maximum atomic E-state index is 6.15. The summed E-state index contributed by atoms with van der Waals surface area (Å²) in [5, 5.41) is 3.46. The van der Waals surface area contributed by atoms with Crippen LogP contribution in [0.2, 0.25) is 0 Å². The molecule has 1 aromatic carbocycles. The Morgan fingerprint density at radius 3 is 2.48 bits per heavy atom. The minimum Gasteiger partial charge on any atom is -0.491 e. The Hall–Kier alpha value is -1.33. The molecule has 0 saturated carbocycles. The SMILES string of the molecule is Cc1nc(Cc2ccccc2)c2c(c1OCCCCCNC(C)C)COC2.Cl.Cl. The quantitative estimate of drug-likeness (QED) is 0.502. The van der Waals surface area contributed by atoms with Gasteiger partial charge in [0.15, 0.2) is 0 Å². The summed E-state index contributed by atoms with van der Waals surface area (Å²) in [7, 11) is 0. The zero-order valence-corrected chi connectivity index (χ0v) is 19.3. The van der Waals surface area contributed by atoms with Crippen molar-refractivity contribution >= 4 is 24.8 Å². The molecule has 4 nitrogen and oxygen atoms in total. The summed E-state index contributed by atoms with van der Waals surface area (Å²) in [5.74, 6) is 0.944. The Kier molecular flexibility index (Phi) is 11.6. The fourth-order valence-corrected chi connectivity index (χ4v) is 3.52. The van der Waals surface area contributed by atoms with E-state index in [1.807, 2.05) is 6.07 Å². The van der Waals surface area contributed by atoms with Gasteiger partial charge in [-0.2, -0.15) is 0 Å². The lowest BCUT2D eigenvalue weighted by atomic mass is 10.0. The topological polar surface area (TPSA) is 43.4 Å². The fraction of sp³-hybridized carbons (Fsp3) is 0.522. The standard InChI is InChI=1S/C23H32N2O2.2ClH/c1-17(2)24-12-8-5-9-13-27-23-18(3)25-22(20-15-26-16-21(20)23)14-19-10-6-4-7-11-19;;/h4,6-7,10-11,17,24H,5,8-9,12-16H2,1-3H3;2*1H. The van der Waals surface area contributed by atoms with Crippen LogP contribution in [0.3, 0.4) is 0 Å². The lowest BCUT2D eigenvalue weighted by molar-refractivity contribution is 0.132. The van der Waals surface area contributed by atoms with Crippen LogP contribution in [0.5, 0.6) is 5.75 Å². The molecule has 0 aliphatic carbocycles. The van der Waals surface area contributed by atoms with E-state index in [1.54, 1.807) is 0 Å². The third kappa shape index (κ3) is 7.45. The van der Waals surface area contributed by atoms with Crippen molar-refractivity contribution in [3.05, 3.63) is 58.4 Å². The van der Waals surface area contributed by atoms with Gasteiger partial charge in [-0.3, -0.25) is 4.98 Å². The second kappa shape index (κ2) is 13.1. The van der Waals surface area contributed by atoms with Crippen LogP contribution in [0.4, 0.5) is 0 Å². The highest BCUT2D eigenvalue weighted by Gasteiger charge is 2.23. The molecular weight excluding hydrogens is 407 g/mol. The molecule has 1 aliphatic rings. The molecule has 2 aromatic rings. The lowest BCUT2D eigenvalue weighted by Crippen LogP contribution is -2.23. The minimum atomic E-state index is 0. The summed E-state index contributed by atoms with van der Waals surface area (Å²) in [4.78, 5) is 4.87. The Labute approximate surface area is 187 Å². The number of ether oxygens (including phenoxy) is 2. The number of pyridine rings is 1. The maximum Gasteiger partial charge on any atom is 0.146 e. The Morgan fingerprint density at radius 1 is 1.03 bits per heavy atom. The molecule has 0 atom stereocenters. The molecule has 1 aliphatic heterocycles. The van der Waals surface area contributed by atoms with E-state index in [0.717, 1.165) is 43.1 Å². The second-order valence-corrected chi connectivity index (χ2v) is 7.60. The summed E-state index contributed by atoms with van der Waals surface area (Å²) < 4.78 is 11.9. The first kappa shape index (κ1) is 25.7. The van der Waals surface area contributed by atoms with Crippen LogP contribution in [0.15, 0.2) is 30.3 Å². The number of aryl methyl sites for hydroxylation is 1. The van der Waals surface area contributed by atoms with E-state index in [1.165, 1.54) is 29.5 Å². The number of hydrogen-bond donors (Lipinski definition) is 1. The summed E-state index contributed by atoms with van der Waals surface area (Å²) >= 11 is 0. The van der Waals surface area contributed by atoms with Crippen LogP contribution >= 0.6 is 24.8 Å². The molecule has 0 spiro atoms. The van der Waals surface area contributed by atoms with Gasteiger partial charge in [0.1, 0.15) is 5.75 Å². The molecule has 0 unspecified atom stereocenters. The van der Waals surface area contributed by atoms with Gasteiger partial charge < -0.3 is 14.8 Å². The first-order chi connectivity index (χ1) is 13.1. The number of hydrogen-bond acceptors (Lipinski definition) is 4. The van der Waals surface area contributed by atoms with Crippen molar-refractivity contribution in [1.29, 1.82) is 0 Å². The monoisotopic (exact) mass is 440 g/mol. The molecule has 6 heteroatoms. The van der Waals surface area contributed by atoms with Crippen LogP contribution in [-0.4, -0.2) is 24.2 Å². The number of unbranched alkanes of at least 4 members (excludes halogenated alkanes) is 2. The van der Waals surface area contributed by atoms with E-state index < -0.39 is 0 Å². The molecule has 0 radical (unpaired) electrons. The van der Waals surface area contributed by atoms with E-state index in [9.17, 15) is 0 Å². The first-order valence-corrected chi connectivity index (χ1v) is 10.1. The summed E-state index contributed by atoms with van der Waals surface area (Å²) in [6, 6.07) is 11.1. The molecule has 0 fully saturated rings. The predicted octanol–water partition coefficient (Wildman–Crippen LogP) is 5.40. The zero-order valence-electron chi connectivity index (χ0n) is 17.7. The van der Waals surface area contributed by atoms with Crippen molar-refractivity contribution in [2.75, 3.05) is 13.2 Å². The van der Waals surface area contributed by atoms with Crippen LogP contribution in [-0.2, 0) is 24.4 Å². The van der Waals surface area contributed by atoms with Crippen LogP contribution in [0, 0.1) is 6.92 Å². The highest BCUT2D eigenvalue weighted by atomic mass is 35.5. The maximum absolute atomic E-state index is 6.15. The van der Waals surface area contributed by atoms with E-state index in [2.05, 4.69) is 50.4 Å². The van der Waals surface area contributed by atoms with Crippen LogP contribution in [0.1, 0.15) is 61.2 Å². The number of nitrogens with zero attached hydrogens (tertiary/aromatic N) is 1. The number of nitrogens with one attached hydrogen (secondary N) is 1. The lowest BCUT2D eigenvalue weighted by Gasteiger charge is -2.15. The molecule has 29 heavy (non-hydrogen) atoms. The highest BCUT2D eigenvalue weighted by Crippen LogP contribution is 2.34. The Balaban J connectivity index is 0.00000210. The molecule has 1 N–H and O–H groups in total. The smallest absolute Gasteiger partial charge is 0.146 e. The minimum absolute atomic E-state index is 0. The molecule has 0 bridgehead atoms. The number of halogens is 2. The summed E-state index contributed by atoms with van der Waals surface area (Å²) in [5.41, 5.74) is 5.81. The Morgan fingerprint density at radius 2 is 1.76 bits per heavy atom. The molecule has 0 saturated heterocycles.